The van der Waals surface area contributed by atoms with Crippen molar-refractivity contribution in [2.45, 2.75) is 25.4 Å². The third-order valence-corrected chi connectivity index (χ3v) is 6.74. The van der Waals surface area contributed by atoms with Crippen molar-refractivity contribution in [1.82, 2.24) is 15.2 Å². The minimum atomic E-state index is -0.104. The van der Waals surface area contributed by atoms with Crippen molar-refractivity contribution in [3.8, 4) is 0 Å². The van der Waals surface area contributed by atoms with Crippen molar-refractivity contribution in [2.24, 2.45) is 0 Å². The lowest BCUT2D eigenvalue weighted by atomic mass is 10.0. The summed E-state index contributed by atoms with van der Waals surface area (Å²) in [5.41, 5.74) is 2.77. The van der Waals surface area contributed by atoms with Crippen LogP contribution in [0.3, 0.4) is 0 Å². The number of para-hydroxylation sites is 1. The predicted octanol–water partition coefficient (Wildman–Crippen LogP) is 5.11. The number of pyridine rings is 1. The van der Waals surface area contributed by atoms with E-state index in [-0.39, 0.29) is 18.0 Å². The van der Waals surface area contributed by atoms with E-state index in [4.69, 9.17) is 23.8 Å². The lowest BCUT2D eigenvalue weighted by Gasteiger charge is -2.26. The van der Waals surface area contributed by atoms with Crippen LogP contribution in [0.15, 0.2) is 60.8 Å². The Labute approximate surface area is 190 Å². The zero-order chi connectivity index (χ0) is 21.1. The number of hydrogen-bond acceptors (Lipinski definition) is 4. The Kier molecular flexibility index (Phi) is 6.32. The average Bonchev–Trinajstić information content (AvgIpc) is 3.31. The number of rotatable bonds is 6. The molecule has 3 aromatic rings. The fourth-order valence-corrected chi connectivity index (χ4v) is 5.13. The second-order valence-corrected chi connectivity index (χ2v) is 9.21. The number of thiocarbonyl (C=S) groups is 1. The molecule has 1 amide bonds. The number of anilines is 1. The Morgan fingerprint density at radius 2 is 2.03 bits per heavy atom. The van der Waals surface area contributed by atoms with Crippen LogP contribution < -0.4 is 10.6 Å². The molecule has 8 heteroatoms. The maximum Gasteiger partial charge on any atom is 0.226 e. The highest BCUT2D eigenvalue weighted by atomic mass is 35.5. The van der Waals surface area contributed by atoms with Crippen LogP contribution >= 0.6 is 35.2 Å². The summed E-state index contributed by atoms with van der Waals surface area (Å²) < 4.78 is 0.722. The number of aryl methyl sites for hydroxylation is 1. The summed E-state index contributed by atoms with van der Waals surface area (Å²) in [6.07, 6.45) is 2.09. The first-order valence-corrected chi connectivity index (χ1v) is 11.2. The Balaban J connectivity index is 1.52. The number of thiophene rings is 1. The molecule has 4 rings (SSSR count). The van der Waals surface area contributed by atoms with E-state index in [0.717, 1.165) is 26.2 Å². The Morgan fingerprint density at radius 3 is 2.73 bits per heavy atom. The minimum Gasteiger partial charge on any atom is -0.352 e. The van der Waals surface area contributed by atoms with Gasteiger partial charge in [-0.1, -0.05) is 35.9 Å². The van der Waals surface area contributed by atoms with E-state index >= 15 is 0 Å². The lowest BCUT2D eigenvalue weighted by Crippen LogP contribution is -2.32. The van der Waals surface area contributed by atoms with Crippen molar-refractivity contribution in [3.63, 3.8) is 0 Å². The van der Waals surface area contributed by atoms with Crippen LogP contribution in [-0.2, 0) is 4.79 Å². The molecule has 154 valence electrons. The normalized spacial score (nSPS) is 18.3. The molecule has 1 saturated heterocycles. The van der Waals surface area contributed by atoms with Crippen LogP contribution in [0.2, 0.25) is 4.34 Å². The average molecular weight is 457 g/mol. The molecule has 5 nitrogen and oxygen atoms in total. The fourth-order valence-electron chi connectivity index (χ4n) is 3.59. The van der Waals surface area contributed by atoms with Crippen LogP contribution in [0.1, 0.15) is 34.6 Å². The van der Waals surface area contributed by atoms with Crippen molar-refractivity contribution in [1.29, 1.82) is 0 Å². The van der Waals surface area contributed by atoms with E-state index in [9.17, 15) is 4.79 Å². The Hall–Kier alpha value is -2.48. The first-order valence-electron chi connectivity index (χ1n) is 9.61. The summed E-state index contributed by atoms with van der Waals surface area (Å²) in [7, 11) is 0. The first-order chi connectivity index (χ1) is 14.5. The third kappa shape index (κ3) is 4.48. The molecule has 1 aliphatic heterocycles. The van der Waals surface area contributed by atoms with Crippen LogP contribution in [0, 0.1) is 6.92 Å². The molecule has 0 spiro atoms. The highest BCUT2D eigenvalue weighted by Crippen LogP contribution is 2.42. The number of halogens is 1. The van der Waals surface area contributed by atoms with Gasteiger partial charge in [-0.05, 0) is 55.0 Å². The number of nitrogens with one attached hydrogen (secondary N) is 2. The van der Waals surface area contributed by atoms with Gasteiger partial charge >= 0.3 is 0 Å². The van der Waals surface area contributed by atoms with Gasteiger partial charge in [0.25, 0.3) is 0 Å². The zero-order valence-corrected chi connectivity index (χ0v) is 18.7. The highest BCUT2D eigenvalue weighted by Gasteiger charge is 2.40. The van der Waals surface area contributed by atoms with Gasteiger partial charge in [-0.15, -0.1) is 11.3 Å². The van der Waals surface area contributed by atoms with Gasteiger partial charge in [0.1, 0.15) is 0 Å². The maximum absolute atomic E-state index is 12.6. The monoisotopic (exact) mass is 456 g/mol. The van der Waals surface area contributed by atoms with Gasteiger partial charge in [-0.2, -0.15) is 0 Å². The standard InChI is InChI=1S/C22H21ClN4OS2/c1-14-6-2-3-7-15(14)25-19(28)11-13-27-21(17-9-10-18(23)30-17)20(26-22(27)29)16-8-4-5-12-24-16/h2-10,12,20-21H,11,13H2,1H3,(H,25,28)(H,26,29)/t20-,21+/m0/s1. The number of hydrogen-bond donors (Lipinski definition) is 2. The van der Waals surface area contributed by atoms with Gasteiger partial charge in [0.15, 0.2) is 5.11 Å². The van der Waals surface area contributed by atoms with Gasteiger partial charge in [0.05, 0.1) is 22.1 Å². The molecule has 1 aliphatic rings. The predicted molar refractivity (Wildman–Crippen MR) is 126 cm³/mol. The zero-order valence-electron chi connectivity index (χ0n) is 16.3. The topological polar surface area (TPSA) is 57.3 Å². The number of carbonyl (C=O) groups excluding carboxylic acids is 1. The highest BCUT2D eigenvalue weighted by molar-refractivity contribution is 7.80. The van der Waals surface area contributed by atoms with Crippen LogP contribution in [0.5, 0.6) is 0 Å². The summed E-state index contributed by atoms with van der Waals surface area (Å²) in [6.45, 7) is 2.47. The van der Waals surface area contributed by atoms with Gasteiger partial charge < -0.3 is 15.5 Å². The third-order valence-electron chi connectivity index (χ3n) is 5.08. The van der Waals surface area contributed by atoms with E-state index in [1.165, 1.54) is 11.3 Å². The first kappa shape index (κ1) is 20.8. The molecule has 1 fully saturated rings. The van der Waals surface area contributed by atoms with Crippen molar-refractivity contribution in [2.75, 3.05) is 11.9 Å². The van der Waals surface area contributed by atoms with Crippen LogP contribution in [-0.4, -0.2) is 27.4 Å². The molecule has 0 radical (unpaired) electrons. The molecule has 2 aromatic heterocycles. The molecular weight excluding hydrogens is 436 g/mol. The summed E-state index contributed by atoms with van der Waals surface area (Å²) in [5, 5.41) is 6.99. The number of aromatic nitrogens is 1. The van der Waals surface area contributed by atoms with Crippen molar-refractivity contribution < 1.29 is 4.79 Å². The second-order valence-electron chi connectivity index (χ2n) is 7.07. The maximum atomic E-state index is 12.6. The van der Waals surface area contributed by atoms with E-state index < -0.39 is 0 Å². The molecule has 0 aliphatic carbocycles. The number of amides is 1. The molecule has 2 N–H and O–H groups in total. The van der Waals surface area contributed by atoms with Gasteiger partial charge in [0.2, 0.25) is 5.91 Å². The fraction of sp³-hybridized carbons (Fsp3) is 0.227. The van der Waals surface area contributed by atoms with Gasteiger partial charge in [-0.3, -0.25) is 9.78 Å². The largest absolute Gasteiger partial charge is 0.352 e. The molecule has 30 heavy (non-hydrogen) atoms. The molecule has 3 heterocycles. The number of nitrogens with zero attached hydrogens (tertiary/aromatic N) is 2. The Bertz CT molecular complexity index is 1060. The Morgan fingerprint density at radius 1 is 1.23 bits per heavy atom. The summed E-state index contributed by atoms with van der Waals surface area (Å²) >= 11 is 13.4. The lowest BCUT2D eigenvalue weighted by molar-refractivity contribution is -0.116. The van der Waals surface area contributed by atoms with Crippen molar-refractivity contribution >= 4 is 51.9 Å². The summed E-state index contributed by atoms with van der Waals surface area (Å²) in [5.74, 6) is -0.0450. The van der Waals surface area contributed by atoms with E-state index in [0.29, 0.717) is 18.1 Å². The molecule has 0 unspecified atom stereocenters. The van der Waals surface area contributed by atoms with E-state index in [1.54, 1.807) is 6.20 Å². The van der Waals surface area contributed by atoms with E-state index in [1.807, 2.05) is 61.5 Å². The van der Waals surface area contributed by atoms with Crippen molar-refractivity contribution in [3.05, 3.63) is 81.3 Å². The van der Waals surface area contributed by atoms with E-state index in [2.05, 4.69) is 20.5 Å². The molecule has 0 saturated carbocycles. The molecular formula is C22H21ClN4OS2. The number of benzene rings is 1. The SMILES string of the molecule is Cc1ccccc1NC(=O)CCN1C(=S)N[C@@H](c2ccccn2)[C@H]1c1ccc(Cl)s1. The molecule has 1 aromatic carbocycles. The number of carbonyl (C=O) groups is 1. The summed E-state index contributed by atoms with van der Waals surface area (Å²) in [6, 6.07) is 17.3. The van der Waals surface area contributed by atoms with Crippen LogP contribution in [0.25, 0.3) is 0 Å². The van der Waals surface area contributed by atoms with Gasteiger partial charge in [0, 0.05) is 29.7 Å². The molecule has 0 bridgehead atoms. The van der Waals surface area contributed by atoms with Gasteiger partial charge in [-0.25, -0.2) is 0 Å². The second kappa shape index (κ2) is 9.12. The van der Waals surface area contributed by atoms with Crippen LogP contribution in [0.4, 0.5) is 5.69 Å². The molecule has 2 atom stereocenters. The smallest absolute Gasteiger partial charge is 0.226 e. The minimum absolute atomic E-state index is 0.0450. The summed E-state index contributed by atoms with van der Waals surface area (Å²) in [4.78, 5) is 20.3. The quantitative estimate of drug-likeness (QED) is 0.505.